The predicted octanol–water partition coefficient (Wildman–Crippen LogP) is 1.88. The van der Waals surface area contributed by atoms with E-state index in [1.165, 1.54) is 0 Å². The normalized spacial score (nSPS) is 10.3. The molecule has 0 radical (unpaired) electrons. The van der Waals surface area contributed by atoms with Crippen molar-refractivity contribution in [3.05, 3.63) is 41.5 Å². The lowest BCUT2D eigenvalue weighted by molar-refractivity contribution is 0.0526. The molecule has 2 aromatic rings. The van der Waals surface area contributed by atoms with E-state index >= 15 is 0 Å². The molecule has 1 aromatic heterocycles. The highest BCUT2D eigenvalue weighted by Gasteiger charge is 2.08. The van der Waals surface area contributed by atoms with Crippen LogP contribution in [0.1, 0.15) is 28.9 Å². The van der Waals surface area contributed by atoms with Crippen molar-refractivity contribution in [3.8, 4) is 5.75 Å². The van der Waals surface area contributed by atoms with E-state index in [1.54, 1.807) is 31.2 Å². The number of carbonyl (C=O) groups is 1. The van der Waals surface area contributed by atoms with Crippen LogP contribution in [0.4, 0.5) is 0 Å². The minimum atomic E-state index is -0.331. The first-order valence-corrected chi connectivity index (χ1v) is 6.36. The lowest BCUT2D eigenvalue weighted by Crippen LogP contribution is -2.06. The first kappa shape index (κ1) is 14.0. The molecule has 0 N–H and O–H groups in total. The Bertz CT molecular complexity index is 590. The summed E-state index contributed by atoms with van der Waals surface area (Å²) in [7, 11) is 1.89. The van der Waals surface area contributed by atoms with Crippen LogP contribution in [0.15, 0.2) is 24.3 Å². The molecule has 106 valence electrons. The molecule has 0 saturated heterocycles. The van der Waals surface area contributed by atoms with Crippen molar-refractivity contribution < 1.29 is 14.3 Å². The van der Waals surface area contributed by atoms with Crippen LogP contribution in [0, 0.1) is 6.92 Å². The molecule has 6 nitrogen and oxygen atoms in total. The van der Waals surface area contributed by atoms with Gasteiger partial charge in [0.05, 0.1) is 12.2 Å². The van der Waals surface area contributed by atoms with Gasteiger partial charge in [-0.05, 0) is 38.1 Å². The molecule has 0 amide bonds. The quantitative estimate of drug-likeness (QED) is 0.779. The number of aryl methyl sites for hydroxylation is 1. The second kappa shape index (κ2) is 6.18. The second-order valence-corrected chi connectivity index (χ2v) is 4.26. The summed E-state index contributed by atoms with van der Waals surface area (Å²) in [6, 6.07) is 6.81. The minimum Gasteiger partial charge on any atom is -0.486 e. The van der Waals surface area contributed by atoms with Crippen LogP contribution in [-0.4, -0.2) is 27.3 Å². The molecule has 0 saturated carbocycles. The average Bonchev–Trinajstić information content (AvgIpc) is 2.77. The topological polar surface area (TPSA) is 66.2 Å². The molecular weight excluding hydrogens is 258 g/mol. The van der Waals surface area contributed by atoms with E-state index in [1.807, 2.05) is 18.5 Å². The van der Waals surface area contributed by atoms with E-state index in [9.17, 15) is 4.79 Å². The van der Waals surface area contributed by atoms with Crippen LogP contribution in [0.2, 0.25) is 0 Å². The molecule has 0 atom stereocenters. The Hall–Kier alpha value is -2.37. The zero-order valence-corrected chi connectivity index (χ0v) is 11.8. The van der Waals surface area contributed by atoms with Gasteiger partial charge in [0.2, 0.25) is 0 Å². The fourth-order valence-electron chi connectivity index (χ4n) is 1.63. The highest BCUT2D eigenvalue weighted by Crippen LogP contribution is 2.14. The first-order valence-electron chi connectivity index (χ1n) is 6.36. The molecule has 0 bridgehead atoms. The van der Waals surface area contributed by atoms with Crippen molar-refractivity contribution in [1.29, 1.82) is 0 Å². The van der Waals surface area contributed by atoms with Gasteiger partial charge in [-0.15, -0.1) is 10.2 Å². The Morgan fingerprint density at radius 3 is 2.50 bits per heavy atom. The first-order chi connectivity index (χ1) is 9.61. The van der Waals surface area contributed by atoms with Gasteiger partial charge in [-0.1, -0.05) is 0 Å². The van der Waals surface area contributed by atoms with Gasteiger partial charge in [0, 0.05) is 7.05 Å². The molecule has 2 rings (SSSR count). The maximum absolute atomic E-state index is 11.5. The van der Waals surface area contributed by atoms with E-state index in [-0.39, 0.29) is 5.97 Å². The summed E-state index contributed by atoms with van der Waals surface area (Å²) in [5, 5.41) is 7.97. The van der Waals surface area contributed by atoms with Crippen molar-refractivity contribution in [2.75, 3.05) is 6.61 Å². The maximum atomic E-state index is 11.5. The zero-order valence-electron chi connectivity index (χ0n) is 11.8. The van der Waals surface area contributed by atoms with E-state index in [4.69, 9.17) is 9.47 Å². The van der Waals surface area contributed by atoms with Crippen molar-refractivity contribution in [2.24, 2.45) is 7.05 Å². The molecule has 0 aliphatic carbocycles. The van der Waals surface area contributed by atoms with Crippen LogP contribution in [0.5, 0.6) is 5.75 Å². The van der Waals surface area contributed by atoms with Crippen molar-refractivity contribution >= 4 is 5.97 Å². The van der Waals surface area contributed by atoms with Gasteiger partial charge in [-0.2, -0.15) is 0 Å². The molecule has 6 heteroatoms. The Kier molecular flexibility index (Phi) is 4.34. The SMILES string of the molecule is CCOC(=O)c1ccc(OCc2nnc(C)n2C)cc1. The molecule has 1 heterocycles. The van der Waals surface area contributed by atoms with Gasteiger partial charge < -0.3 is 14.0 Å². The number of aromatic nitrogens is 3. The standard InChI is InChI=1S/C14H17N3O3/c1-4-19-14(18)11-5-7-12(8-6-11)20-9-13-16-15-10(2)17(13)3/h5-8H,4,9H2,1-3H3. The van der Waals surface area contributed by atoms with Gasteiger partial charge in [-0.25, -0.2) is 4.79 Å². The molecule has 20 heavy (non-hydrogen) atoms. The van der Waals surface area contributed by atoms with E-state index < -0.39 is 0 Å². The second-order valence-electron chi connectivity index (χ2n) is 4.26. The summed E-state index contributed by atoms with van der Waals surface area (Å²) in [6.45, 7) is 4.35. The largest absolute Gasteiger partial charge is 0.486 e. The summed E-state index contributed by atoms with van der Waals surface area (Å²) in [5.41, 5.74) is 0.508. The molecule has 1 aromatic carbocycles. The minimum absolute atomic E-state index is 0.329. The van der Waals surface area contributed by atoms with Gasteiger partial charge in [0.1, 0.15) is 18.2 Å². The molecule has 0 unspecified atom stereocenters. The summed E-state index contributed by atoms with van der Waals surface area (Å²) in [6.07, 6.45) is 0. The average molecular weight is 275 g/mol. The van der Waals surface area contributed by atoms with Crippen LogP contribution < -0.4 is 4.74 Å². The van der Waals surface area contributed by atoms with Crippen LogP contribution in [0.25, 0.3) is 0 Å². The van der Waals surface area contributed by atoms with Crippen molar-refractivity contribution in [2.45, 2.75) is 20.5 Å². The van der Waals surface area contributed by atoms with Crippen molar-refractivity contribution in [1.82, 2.24) is 14.8 Å². The molecular formula is C14H17N3O3. The number of rotatable bonds is 5. The third-order valence-electron chi connectivity index (χ3n) is 2.92. The predicted molar refractivity (Wildman–Crippen MR) is 72.5 cm³/mol. The zero-order chi connectivity index (χ0) is 14.5. The Morgan fingerprint density at radius 2 is 1.95 bits per heavy atom. The van der Waals surface area contributed by atoms with Crippen LogP contribution in [0.3, 0.4) is 0 Å². The fourth-order valence-corrected chi connectivity index (χ4v) is 1.63. The van der Waals surface area contributed by atoms with Gasteiger partial charge in [0.25, 0.3) is 0 Å². The third kappa shape index (κ3) is 3.14. The summed E-state index contributed by atoms with van der Waals surface area (Å²) < 4.78 is 12.4. The summed E-state index contributed by atoms with van der Waals surface area (Å²) >= 11 is 0. The van der Waals surface area contributed by atoms with Gasteiger partial charge in [0.15, 0.2) is 5.82 Å². The summed E-state index contributed by atoms with van der Waals surface area (Å²) in [4.78, 5) is 11.5. The van der Waals surface area contributed by atoms with Gasteiger partial charge in [-0.3, -0.25) is 0 Å². The lowest BCUT2D eigenvalue weighted by Gasteiger charge is -2.07. The molecule has 0 aliphatic heterocycles. The number of nitrogens with zero attached hydrogens (tertiary/aromatic N) is 3. The van der Waals surface area contributed by atoms with Crippen molar-refractivity contribution in [3.63, 3.8) is 0 Å². The fraction of sp³-hybridized carbons (Fsp3) is 0.357. The van der Waals surface area contributed by atoms with E-state index in [0.29, 0.717) is 24.5 Å². The molecule has 0 fully saturated rings. The van der Waals surface area contributed by atoms with E-state index in [0.717, 1.165) is 11.6 Å². The molecule has 0 spiro atoms. The smallest absolute Gasteiger partial charge is 0.338 e. The summed E-state index contributed by atoms with van der Waals surface area (Å²) in [5.74, 6) is 1.92. The Balaban J connectivity index is 1.97. The Morgan fingerprint density at radius 1 is 1.25 bits per heavy atom. The van der Waals surface area contributed by atoms with Gasteiger partial charge >= 0.3 is 5.97 Å². The number of ether oxygens (including phenoxy) is 2. The lowest BCUT2D eigenvalue weighted by atomic mass is 10.2. The van der Waals surface area contributed by atoms with E-state index in [2.05, 4.69) is 10.2 Å². The number of esters is 1. The highest BCUT2D eigenvalue weighted by atomic mass is 16.5. The monoisotopic (exact) mass is 275 g/mol. The van der Waals surface area contributed by atoms with Crippen LogP contribution in [-0.2, 0) is 18.4 Å². The highest BCUT2D eigenvalue weighted by molar-refractivity contribution is 5.89. The third-order valence-corrected chi connectivity index (χ3v) is 2.92. The number of benzene rings is 1. The van der Waals surface area contributed by atoms with Crippen LogP contribution >= 0.6 is 0 Å². The Labute approximate surface area is 117 Å². The molecule has 0 aliphatic rings. The number of carbonyl (C=O) groups excluding carboxylic acids is 1. The maximum Gasteiger partial charge on any atom is 0.338 e. The number of hydrogen-bond donors (Lipinski definition) is 0. The number of hydrogen-bond acceptors (Lipinski definition) is 5.